The highest BCUT2D eigenvalue weighted by molar-refractivity contribution is 6.38. The second-order valence-electron chi connectivity index (χ2n) is 6.64. The van der Waals surface area contributed by atoms with E-state index in [-0.39, 0.29) is 40.6 Å². The minimum Gasteiger partial charge on any atom is -0.396 e. The zero-order valence-corrected chi connectivity index (χ0v) is 17.7. The summed E-state index contributed by atoms with van der Waals surface area (Å²) in [5.41, 5.74) is 23.4. The lowest BCUT2D eigenvalue weighted by Gasteiger charge is -2.30. The zero-order chi connectivity index (χ0) is 22.3. The third-order valence-corrected chi connectivity index (χ3v) is 5.03. The number of nitrogens with zero attached hydrogens (tertiary/aromatic N) is 2. The molecule has 0 aliphatic rings. The summed E-state index contributed by atoms with van der Waals surface area (Å²) in [5.74, 6) is -1.05. The summed E-state index contributed by atoms with van der Waals surface area (Å²) in [6.45, 7) is 0.363. The first-order valence-electron chi connectivity index (χ1n) is 9.14. The molecule has 160 valence electrons. The molecule has 0 fully saturated rings. The van der Waals surface area contributed by atoms with Crippen LogP contribution in [-0.2, 0) is 11.3 Å². The van der Waals surface area contributed by atoms with Gasteiger partial charge in [0.1, 0.15) is 6.04 Å². The molecule has 2 aromatic rings. The molecule has 0 radical (unpaired) electrons. The Kier molecular flexibility index (Phi) is 8.32. The van der Waals surface area contributed by atoms with Crippen molar-refractivity contribution >= 4 is 46.7 Å². The molecule has 0 aliphatic carbocycles. The van der Waals surface area contributed by atoms with Gasteiger partial charge in [0.2, 0.25) is 5.91 Å². The van der Waals surface area contributed by atoms with E-state index in [1.165, 1.54) is 4.90 Å². The molecule has 8 nitrogen and oxygen atoms in total. The molecule has 2 aromatic carbocycles. The van der Waals surface area contributed by atoms with Crippen LogP contribution in [0, 0.1) is 0 Å². The van der Waals surface area contributed by atoms with Crippen LogP contribution in [-0.4, -0.2) is 35.3 Å². The zero-order valence-electron chi connectivity index (χ0n) is 16.2. The molecule has 0 heterocycles. The van der Waals surface area contributed by atoms with E-state index in [0.717, 1.165) is 0 Å². The Balaban J connectivity index is 2.37. The number of hydrogen-bond acceptors (Lipinski definition) is 4. The SMILES string of the molecule is NC(=O)[C@@H](CCCN=C(N)N)N(Cc1cc(Cl)c(N)c(Cl)c1)C(=O)c1ccccc1. The molecule has 0 spiro atoms. The summed E-state index contributed by atoms with van der Waals surface area (Å²) in [5, 5.41) is 0.515. The van der Waals surface area contributed by atoms with Gasteiger partial charge in [-0.05, 0) is 42.7 Å². The Morgan fingerprint density at radius 3 is 2.17 bits per heavy atom. The van der Waals surface area contributed by atoms with Crippen molar-refractivity contribution in [1.29, 1.82) is 0 Å². The van der Waals surface area contributed by atoms with Gasteiger partial charge in [0.05, 0.1) is 15.7 Å². The van der Waals surface area contributed by atoms with Crippen molar-refractivity contribution in [2.75, 3.05) is 12.3 Å². The number of primary amides is 1. The number of hydrogen-bond donors (Lipinski definition) is 4. The van der Waals surface area contributed by atoms with Crippen LogP contribution in [0.15, 0.2) is 47.5 Å². The van der Waals surface area contributed by atoms with Crippen LogP contribution in [0.5, 0.6) is 0 Å². The van der Waals surface area contributed by atoms with Crippen LogP contribution in [0.2, 0.25) is 10.0 Å². The van der Waals surface area contributed by atoms with Gasteiger partial charge in [-0.2, -0.15) is 0 Å². The largest absolute Gasteiger partial charge is 0.396 e. The Morgan fingerprint density at radius 1 is 1.03 bits per heavy atom. The van der Waals surface area contributed by atoms with Crippen molar-refractivity contribution in [3.8, 4) is 0 Å². The summed E-state index contributed by atoms with van der Waals surface area (Å²) in [6, 6.07) is 10.9. The van der Waals surface area contributed by atoms with Gasteiger partial charge in [-0.25, -0.2) is 0 Å². The Morgan fingerprint density at radius 2 is 1.63 bits per heavy atom. The standard InChI is InChI=1S/C20H24Cl2N6O2/c21-14-9-12(10-15(22)17(14)23)11-28(19(30)13-5-2-1-3-6-13)16(18(24)29)7-4-8-27-20(25)26/h1-3,5-6,9-10,16H,4,7-8,11,23H2,(H2,24,29)(H4,25,26,27)/t16-/m1/s1. The van der Waals surface area contributed by atoms with Gasteiger partial charge < -0.3 is 27.8 Å². The Hall–Kier alpha value is -2.97. The first-order chi connectivity index (χ1) is 14.2. The van der Waals surface area contributed by atoms with Gasteiger partial charge in [-0.1, -0.05) is 41.4 Å². The third-order valence-electron chi connectivity index (χ3n) is 4.41. The van der Waals surface area contributed by atoms with Crippen molar-refractivity contribution in [3.63, 3.8) is 0 Å². The molecule has 0 saturated carbocycles. The summed E-state index contributed by atoms with van der Waals surface area (Å²) in [4.78, 5) is 30.8. The normalized spacial score (nSPS) is 11.5. The molecular weight excluding hydrogens is 427 g/mol. The van der Waals surface area contributed by atoms with E-state index in [1.54, 1.807) is 42.5 Å². The first-order valence-corrected chi connectivity index (χ1v) is 9.90. The van der Waals surface area contributed by atoms with E-state index in [0.29, 0.717) is 24.1 Å². The van der Waals surface area contributed by atoms with Gasteiger partial charge in [-0.3, -0.25) is 14.6 Å². The molecule has 0 aromatic heterocycles. The van der Waals surface area contributed by atoms with E-state index in [2.05, 4.69) is 4.99 Å². The lowest BCUT2D eigenvalue weighted by Crippen LogP contribution is -2.47. The number of anilines is 1. The molecule has 0 bridgehead atoms. The fraction of sp³-hybridized carbons (Fsp3) is 0.250. The lowest BCUT2D eigenvalue weighted by molar-refractivity contribution is -0.122. The number of nitrogen functional groups attached to an aromatic ring is 1. The average molecular weight is 451 g/mol. The second kappa shape index (κ2) is 10.7. The Labute approximate surface area is 184 Å². The highest BCUT2D eigenvalue weighted by Crippen LogP contribution is 2.30. The topological polar surface area (TPSA) is 154 Å². The van der Waals surface area contributed by atoms with Crippen LogP contribution < -0.4 is 22.9 Å². The minimum atomic E-state index is -0.887. The number of aliphatic imine (C=N–C) groups is 1. The number of carbonyl (C=O) groups is 2. The quantitative estimate of drug-likeness (QED) is 0.199. The monoisotopic (exact) mass is 450 g/mol. The maximum Gasteiger partial charge on any atom is 0.254 e. The van der Waals surface area contributed by atoms with Crippen molar-refractivity contribution in [2.24, 2.45) is 22.2 Å². The van der Waals surface area contributed by atoms with E-state index >= 15 is 0 Å². The van der Waals surface area contributed by atoms with Crippen molar-refractivity contribution < 1.29 is 9.59 Å². The number of benzene rings is 2. The third kappa shape index (κ3) is 6.27. The number of nitrogens with two attached hydrogens (primary N) is 4. The molecule has 30 heavy (non-hydrogen) atoms. The molecule has 0 aliphatic heterocycles. The summed E-state index contributed by atoms with van der Waals surface area (Å²) in [6.07, 6.45) is 0.731. The van der Waals surface area contributed by atoms with Crippen LogP contribution in [0.3, 0.4) is 0 Å². The molecular formula is C20H24Cl2N6O2. The van der Waals surface area contributed by atoms with Crippen molar-refractivity contribution in [1.82, 2.24) is 4.90 Å². The molecule has 0 unspecified atom stereocenters. The number of guanidine groups is 1. The van der Waals surface area contributed by atoms with E-state index < -0.39 is 11.9 Å². The summed E-state index contributed by atoms with van der Waals surface area (Å²) in [7, 11) is 0. The average Bonchev–Trinajstić information content (AvgIpc) is 2.70. The van der Waals surface area contributed by atoms with E-state index in [4.69, 9.17) is 46.1 Å². The van der Waals surface area contributed by atoms with Gasteiger partial charge >= 0.3 is 0 Å². The molecule has 1 atom stereocenters. The summed E-state index contributed by atoms with van der Waals surface area (Å²) >= 11 is 12.3. The van der Waals surface area contributed by atoms with Crippen LogP contribution >= 0.6 is 23.2 Å². The Bertz CT molecular complexity index is 909. The fourth-order valence-electron chi connectivity index (χ4n) is 2.94. The smallest absolute Gasteiger partial charge is 0.254 e. The highest BCUT2D eigenvalue weighted by atomic mass is 35.5. The number of halogens is 2. The van der Waals surface area contributed by atoms with Gasteiger partial charge in [0, 0.05) is 18.7 Å². The fourth-order valence-corrected chi connectivity index (χ4v) is 3.47. The maximum absolute atomic E-state index is 13.2. The molecule has 2 rings (SSSR count). The number of amides is 2. The minimum absolute atomic E-state index is 0.0472. The van der Waals surface area contributed by atoms with Crippen LogP contribution in [0.1, 0.15) is 28.8 Å². The maximum atomic E-state index is 13.2. The van der Waals surface area contributed by atoms with E-state index in [1.807, 2.05) is 0 Å². The van der Waals surface area contributed by atoms with E-state index in [9.17, 15) is 9.59 Å². The molecule has 10 heteroatoms. The van der Waals surface area contributed by atoms with Crippen molar-refractivity contribution in [3.05, 3.63) is 63.6 Å². The predicted molar refractivity (Wildman–Crippen MR) is 120 cm³/mol. The summed E-state index contributed by atoms with van der Waals surface area (Å²) < 4.78 is 0. The lowest BCUT2D eigenvalue weighted by atomic mass is 10.0. The van der Waals surface area contributed by atoms with Gasteiger partial charge in [0.15, 0.2) is 5.96 Å². The highest BCUT2D eigenvalue weighted by Gasteiger charge is 2.29. The molecule has 0 saturated heterocycles. The molecule has 2 amide bonds. The van der Waals surface area contributed by atoms with Gasteiger partial charge in [0.25, 0.3) is 5.91 Å². The van der Waals surface area contributed by atoms with Crippen LogP contribution in [0.25, 0.3) is 0 Å². The molecule has 8 N–H and O–H groups in total. The predicted octanol–water partition coefficient (Wildman–Crippen LogP) is 2.13. The first kappa shape index (κ1) is 23.3. The second-order valence-corrected chi connectivity index (χ2v) is 7.45. The van der Waals surface area contributed by atoms with Gasteiger partial charge in [-0.15, -0.1) is 0 Å². The van der Waals surface area contributed by atoms with Crippen LogP contribution in [0.4, 0.5) is 5.69 Å². The number of rotatable bonds is 9. The van der Waals surface area contributed by atoms with Crippen molar-refractivity contribution in [2.45, 2.75) is 25.4 Å². The number of carbonyl (C=O) groups excluding carboxylic acids is 2.